The zero-order valence-corrected chi connectivity index (χ0v) is 15.0. The van der Waals surface area contributed by atoms with Crippen molar-refractivity contribution in [3.05, 3.63) is 47.9 Å². The Bertz CT molecular complexity index is 522. The minimum atomic E-state index is -1.38. The van der Waals surface area contributed by atoms with Gasteiger partial charge in [0.2, 0.25) is 0 Å². The van der Waals surface area contributed by atoms with Crippen LogP contribution in [0.3, 0.4) is 0 Å². The summed E-state index contributed by atoms with van der Waals surface area (Å²) < 4.78 is 0. The summed E-state index contributed by atoms with van der Waals surface area (Å²) in [4.78, 5) is 34.8. The molecule has 0 bridgehead atoms. The van der Waals surface area contributed by atoms with Gasteiger partial charge in [0.25, 0.3) is 0 Å². The number of hydrogen-bond donors (Lipinski definition) is 0. The number of aliphatic carboxylic acids is 2. The Labute approximate surface area is 144 Å². The van der Waals surface area contributed by atoms with E-state index in [0.29, 0.717) is 11.4 Å². The number of carboxylic acid groups (broad SMARTS) is 2. The molecule has 2 aromatic heterocycles. The molecule has 0 unspecified atom stereocenters. The molecule has 0 amide bonds. The van der Waals surface area contributed by atoms with Crippen LogP contribution in [0.2, 0.25) is 0 Å². The van der Waals surface area contributed by atoms with Crippen LogP contribution in [0, 0.1) is 0 Å². The SMILES string of the molecule is [NH-][C@@H](Cc1cnc[n-]1)C(=O)[O-].[NH-][C@@H](Cc1cnc[n-]1)C(=O)[O-].[Zn+2]. The first kappa shape index (κ1) is 20.9. The van der Waals surface area contributed by atoms with E-state index in [1.165, 1.54) is 25.0 Å². The molecule has 0 aliphatic heterocycles. The fourth-order valence-electron chi connectivity index (χ4n) is 1.32. The van der Waals surface area contributed by atoms with Crippen LogP contribution in [0.15, 0.2) is 25.0 Å². The van der Waals surface area contributed by atoms with Gasteiger partial charge in [-0.2, -0.15) is 0 Å². The van der Waals surface area contributed by atoms with Gasteiger partial charge in [0.1, 0.15) is 0 Å². The van der Waals surface area contributed by atoms with Crippen molar-refractivity contribution in [1.82, 2.24) is 19.9 Å². The molecule has 2 atom stereocenters. The van der Waals surface area contributed by atoms with Crippen LogP contribution >= 0.6 is 0 Å². The van der Waals surface area contributed by atoms with E-state index in [1.807, 2.05) is 0 Å². The molecule has 11 heteroatoms. The topological polar surface area (TPSA) is 182 Å². The molecule has 10 nitrogen and oxygen atoms in total. The van der Waals surface area contributed by atoms with Crippen molar-refractivity contribution < 1.29 is 39.3 Å². The Morgan fingerprint density at radius 3 is 1.52 bits per heavy atom. The molecule has 0 spiro atoms. The second-order valence-electron chi connectivity index (χ2n) is 4.18. The molecule has 0 aliphatic carbocycles. The van der Waals surface area contributed by atoms with Crippen molar-refractivity contribution >= 4 is 11.9 Å². The molecule has 120 valence electrons. The molecule has 0 aromatic carbocycles. The standard InChI is InChI=1S/2C6H8N3O2.Zn/c2*7-5(6(10)11)1-4-2-8-3-9-4;/h2*2-3,5,7H,1H2,(H2,8,9,10,11);/q2*-1;+2/p-4/t2*5-;/m00./s1. The predicted molar refractivity (Wildman–Crippen MR) is 68.8 cm³/mol. The summed E-state index contributed by atoms with van der Waals surface area (Å²) in [5.41, 5.74) is 15.0. The first-order valence-corrected chi connectivity index (χ1v) is 6.07. The van der Waals surface area contributed by atoms with Crippen LogP contribution in [0.1, 0.15) is 11.4 Å². The van der Waals surface area contributed by atoms with E-state index in [0.717, 1.165) is 0 Å². The van der Waals surface area contributed by atoms with Crippen LogP contribution in [0.4, 0.5) is 0 Å². The Kier molecular flexibility index (Phi) is 9.63. The van der Waals surface area contributed by atoms with Crippen molar-refractivity contribution in [1.29, 1.82) is 0 Å². The maximum Gasteiger partial charge on any atom is 2.00 e. The summed E-state index contributed by atoms with van der Waals surface area (Å²) in [6.45, 7) is 0. The number of hydrogen-bond acceptors (Lipinski definition) is 6. The quantitative estimate of drug-likeness (QED) is 0.500. The average molecular weight is 370 g/mol. The van der Waals surface area contributed by atoms with Gasteiger partial charge in [0.15, 0.2) is 0 Å². The minimum Gasteiger partial charge on any atom is -0.670 e. The predicted octanol–water partition coefficient (Wildman–Crippen LogP) is -2.50. The van der Waals surface area contributed by atoms with E-state index in [1.54, 1.807) is 0 Å². The maximum absolute atomic E-state index is 10.1. The summed E-state index contributed by atoms with van der Waals surface area (Å²) >= 11 is 0. The largest absolute Gasteiger partial charge is 2.00 e. The third-order valence-electron chi connectivity index (χ3n) is 2.42. The Hall–Kier alpha value is -2.10. The molecule has 0 saturated heterocycles. The smallest absolute Gasteiger partial charge is 0.670 e. The number of carbonyl (C=O) groups excluding carboxylic acids is 2. The molecular weight excluding hydrogens is 358 g/mol. The van der Waals surface area contributed by atoms with Crippen LogP contribution in [-0.2, 0) is 41.9 Å². The molecule has 2 aromatic rings. The van der Waals surface area contributed by atoms with Gasteiger partial charge in [-0.1, -0.05) is 48.5 Å². The zero-order chi connectivity index (χ0) is 16.5. The molecular formula is C12H12N6O4Zn-4. The molecule has 0 saturated carbocycles. The second kappa shape index (κ2) is 10.6. The number of carbonyl (C=O) groups is 2. The first-order valence-electron chi connectivity index (χ1n) is 6.07. The van der Waals surface area contributed by atoms with Crippen LogP contribution < -0.4 is 20.2 Å². The van der Waals surface area contributed by atoms with Crippen molar-refractivity contribution in [2.75, 3.05) is 0 Å². The minimum absolute atomic E-state index is 0. The van der Waals surface area contributed by atoms with E-state index < -0.39 is 24.0 Å². The maximum atomic E-state index is 10.1. The Morgan fingerprint density at radius 1 is 0.957 bits per heavy atom. The van der Waals surface area contributed by atoms with Crippen molar-refractivity contribution in [3.8, 4) is 0 Å². The number of imidazole rings is 2. The molecule has 2 N–H and O–H groups in total. The van der Waals surface area contributed by atoms with E-state index in [-0.39, 0.29) is 32.3 Å². The van der Waals surface area contributed by atoms with Crippen LogP contribution in [0.25, 0.3) is 11.5 Å². The monoisotopic (exact) mass is 368 g/mol. The number of nitrogens with zero attached hydrogens (tertiary/aromatic N) is 4. The summed E-state index contributed by atoms with van der Waals surface area (Å²) in [7, 11) is 0. The fourth-order valence-corrected chi connectivity index (χ4v) is 1.32. The summed E-state index contributed by atoms with van der Waals surface area (Å²) in [5, 5.41) is 20.2. The summed E-state index contributed by atoms with van der Waals surface area (Å²) in [5.74, 6) is -2.76. The average Bonchev–Trinajstić information content (AvgIpc) is 3.12. The van der Waals surface area contributed by atoms with Gasteiger partial charge in [0, 0.05) is 11.9 Å². The number of nitrogens with one attached hydrogen (secondary N) is 2. The fraction of sp³-hybridized carbons (Fsp3) is 0.333. The normalized spacial score (nSPS) is 12.3. The van der Waals surface area contributed by atoms with Crippen LogP contribution in [0.5, 0.6) is 0 Å². The van der Waals surface area contributed by atoms with Gasteiger partial charge in [0.05, 0.1) is 0 Å². The molecule has 23 heavy (non-hydrogen) atoms. The van der Waals surface area contributed by atoms with E-state index in [9.17, 15) is 19.8 Å². The third-order valence-corrected chi connectivity index (χ3v) is 2.42. The van der Waals surface area contributed by atoms with Crippen molar-refractivity contribution in [2.45, 2.75) is 24.9 Å². The van der Waals surface area contributed by atoms with Crippen molar-refractivity contribution in [2.24, 2.45) is 0 Å². The first-order chi connectivity index (χ1) is 10.4. The molecule has 0 fully saturated rings. The summed E-state index contributed by atoms with van der Waals surface area (Å²) in [6, 6.07) is -2.49. The third kappa shape index (κ3) is 8.19. The van der Waals surface area contributed by atoms with Gasteiger partial charge in [-0.3, -0.25) is 0 Å². The molecule has 0 radical (unpaired) electrons. The zero-order valence-electron chi connectivity index (χ0n) is 12.0. The van der Waals surface area contributed by atoms with Crippen LogP contribution in [-0.4, -0.2) is 34.0 Å². The van der Waals surface area contributed by atoms with Gasteiger partial charge < -0.3 is 51.2 Å². The Morgan fingerprint density at radius 2 is 1.30 bits per heavy atom. The van der Waals surface area contributed by atoms with Gasteiger partial charge >= 0.3 is 19.5 Å². The second-order valence-corrected chi connectivity index (χ2v) is 4.18. The number of carboxylic acids is 2. The van der Waals surface area contributed by atoms with E-state index >= 15 is 0 Å². The number of rotatable bonds is 6. The Balaban J connectivity index is 0.000000403. The van der Waals surface area contributed by atoms with E-state index in [4.69, 9.17) is 11.5 Å². The molecule has 2 heterocycles. The molecule has 0 aliphatic rings. The van der Waals surface area contributed by atoms with Gasteiger partial charge in [-0.15, -0.1) is 0 Å². The van der Waals surface area contributed by atoms with E-state index in [2.05, 4.69) is 19.9 Å². The van der Waals surface area contributed by atoms with Gasteiger partial charge in [-0.05, 0) is 12.8 Å². The van der Waals surface area contributed by atoms with Crippen molar-refractivity contribution in [3.63, 3.8) is 0 Å². The number of aromatic nitrogens is 4. The van der Waals surface area contributed by atoms with Gasteiger partial charge in [-0.25, -0.2) is 0 Å². The molecule has 2 rings (SSSR count). The summed E-state index contributed by atoms with van der Waals surface area (Å²) in [6.07, 6.45) is 5.62.